The molecular formula is C12H12ClF3N2O2. The van der Waals surface area contributed by atoms with Gasteiger partial charge in [0, 0.05) is 32.0 Å². The van der Waals surface area contributed by atoms with Crippen LogP contribution in [0.1, 0.15) is 12.0 Å². The number of likely N-dealkylation sites (tertiary alicyclic amines) is 1. The van der Waals surface area contributed by atoms with E-state index in [9.17, 15) is 18.0 Å². The van der Waals surface area contributed by atoms with Crippen LogP contribution in [0.5, 0.6) is 0 Å². The quantitative estimate of drug-likeness (QED) is 0.932. The van der Waals surface area contributed by atoms with Gasteiger partial charge in [0.15, 0.2) is 5.41 Å². The first-order valence-corrected chi connectivity index (χ1v) is 6.25. The summed E-state index contributed by atoms with van der Waals surface area (Å²) in [5.41, 5.74) is -2.06. The van der Waals surface area contributed by atoms with E-state index in [-0.39, 0.29) is 13.1 Å². The van der Waals surface area contributed by atoms with Crippen LogP contribution in [0.2, 0.25) is 5.02 Å². The van der Waals surface area contributed by atoms with Gasteiger partial charge in [-0.25, -0.2) is 0 Å². The summed E-state index contributed by atoms with van der Waals surface area (Å²) in [6.45, 7) is -0.332. The van der Waals surface area contributed by atoms with Gasteiger partial charge in [0.2, 0.25) is 0 Å². The molecule has 1 aliphatic rings. The highest BCUT2D eigenvalue weighted by molar-refractivity contribution is 6.31. The van der Waals surface area contributed by atoms with Crippen molar-refractivity contribution in [2.75, 3.05) is 13.1 Å². The van der Waals surface area contributed by atoms with Gasteiger partial charge < -0.3 is 5.11 Å². The molecule has 0 aliphatic carbocycles. The summed E-state index contributed by atoms with van der Waals surface area (Å²) >= 11 is 5.90. The van der Waals surface area contributed by atoms with E-state index in [0.717, 1.165) is 0 Å². The van der Waals surface area contributed by atoms with Crippen LogP contribution in [0, 0.1) is 5.41 Å². The molecule has 0 aromatic carbocycles. The molecule has 1 aliphatic heterocycles. The van der Waals surface area contributed by atoms with Gasteiger partial charge in [-0.15, -0.1) is 0 Å². The van der Waals surface area contributed by atoms with Crippen molar-refractivity contribution < 1.29 is 23.1 Å². The van der Waals surface area contributed by atoms with Crippen molar-refractivity contribution in [3.05, 3.63) is 29.0 Å². The number of pyridine rings is 1. The lowest BCUT2D eigenvalue weighted by atomic mass is 9.86. The Hall–Kier alpha value is -1.34. The van der Waals surface area contributed by atoms with E-state index in [1.807, 2.05) is 0 Å². The van der Waals surface area contributed by atoms with Gasteiger partial charge in [-0.05, 0) is 18.1 Å². The molecule has 0 amide bonds. The normalized spacial score (nSPS) is 24.0. The van der Waals surface area contributed by atoms with E-state index in [2.05, 4.69) is 4.98 Å². The van der Waals surface area contributed by atoms with Crippen LogP contribution in [0.15, 0.2) is 18.5 Å². The SMILES string of the molecule is O=C(O)C1(C(F)(F)F)CCN(Cc2ccncc2Cl)C1. The van der Waals surface area contributed by atoms with Gasteiger partial charge in [0.05, 0.1) is 5.02 Å². The fourth-order valence-corrected chi connectivity index (χ4v) is 2.50. The van der Waals surface area contributed by atoms with Gasteiger partial charge in [0.25, 0.3) is 0 Å². The van der Waals surface area contributed by atoms with Crippen LogP contribution in [-0.4, -0.2) is 40.2 Å². The summed E-state index contributed by atoms with van der Waals surface area (Å²) in [5, 5.41) is 9.31. The number of hydrogen-bond acceptors (Lipinski definition) is 3. The monoisotopic (exact) mass is 308 g/mol. The van der Waals surface area contributed by atoms with E-state index in [4.69, 9.17) is 16.7 Å². The molecule has 0 bridgehead atoms. The van der Waals surface area contributed by atoms with Crippen LogP contribution < -0.4 is 0 Å². The third-order valence-electron chi connectivity index (χ3n) is 3.55. The van der Waals surface area contributed by atoms with Crippen LogP contribution in [0.4, 0.5) is 13.2 Å². The smallest absolute Gasteiger partial charge is 0.406 e. The van der Waals surface area contributed by atoms with E-state index in [1.165, 1.54) is 17.3 Å². The summed E-state index contributed by atoms with van der Waals surface area (Å²) in [7, 11) is 0. The molecule has 110 valence electrons. The molecule has 1 atom stereocenters. The minimum absolute atomic E-state index is 0.0600. The maximum Gasteiger partial charge on any atom is 0.406 e. The topological polar surface area (TPSA) is 53.4 Å². The molecule has 0 saturated carbocycles. The first kappa shape index (κ1) is 15.1. The molecule has 1 unspecified atom stereocenters. The molecule has 0 spiro atoms. The van der Waals surface area contributed by atoms with Crippen molar-refractivity contribution in [2.24, 2.45) is 5.41 Å². The number of aromatic nitrogens is 1. The minimum Gasteiger partial charge on any atom is -0.481 e. The number of hydrogen-bond donors (Lipinski definition) is 1. The van der Waals surface area contributed by atoms with Crippen molar-refractivity contribution in [3.8, 4) is 0 Å². The number of carboxylic acid groups (broad SMARTS) is 1. The van der Waals surface area contributed by atoms with E-state index >= 15 is 0 Å². The maximum absolute atomic E-state index is 13.0. The summed E-state index contributed by atoms with van der Waals surface area (Å²) in [6, 6.07) is 1.61. The van der Waals surface area contributed by atoms with Gasteiger partial charge in [-0.3, -0.25) is 14.7 Å². The zero-order chi connectivity index (χ0) is 15.0. The number of aliphatic carboxylic acids is 1. The molecule has 1 aromatic rings. The highest BCUT2D eigenvalue weighted by Gasteiger charge is 2.63. The Kier molecular flexibility index (Phi) is 3.93. The van der Waals surface area contributed by atoms with Crippen molar-refractivity contribution in [3.63, 3.8) is 0 Å². The fourth-order valence-electron chi connectivity index (χ4n) is 2.32. The lowest BCUT2D eigenvalue weighted by Crippen LogP contribution is -2.47. The van der Waals surface area contributed by atoms with Gasteiger partial charge >= 0.3 is 12.1 Å². The average Bonchev–Trinajstić information content (AvgIpc) is 2.77. The molecule has 1 saturated heterocycles. The Labute approximate surface area is 118 Å². The molecule has 1 aromatic heterocycles. The van der Waals surface area contributed by atoms with E-state index in [0.29, 0.717) is 10.6 Å². The van der Waals surface area contributed by atoms with Gasteiger partial charge in [0.1, 0.15) is 0 Å². The van der Waals surface area contributed by atoms with Gasteiger partial charge in [-0.2, -0.15) is 13.2 Å². The number of halogens is 4. The number of nitrogens with zero attached hydrogens (tertiary/aromatic N) is 2. The summed E-state index contributed by atoms with van der Waals surface area (Å²) in [4.78, 5) is 16.3. The van der Waals surface area contributed by atoms with Crippen molar-refractivity contribution in [2.45, 2.75) is 19.1 Å². The second-order valence-corrected chi connectivity index (χ2v) is 5.22. The molecule has 0 radical (unpaired) electrons. The predicted molar refractivity (Wildman–Crippen MR) is 65.3 cm³/mol. The first-order valence-electron chi connectivity index (χ1n) is 5.87. The number of alkyl halides is 3. The number of rotatable bonds is 3. The van der Waals surface area contributed by atoms with E-state index < -0.39 is 30.5 Å². The third kappa shape index (κ3) is 2.60. The Morgan fingerprint density at radius 2 is 2.25 bits per heavy atom. The molecule has 4 nitrogen and oxygen atoms in total. The molecule has 1 fully saturated rings. The standard InChI is InChI=1S/C12H12ClF3N2O2/c13-9-5-17-3-1-8(9)6-18-4-2-11(7-18,10(19)20)12(14,15)16/h1,3,5H,2,4,6-7H2,(H,19,20). The van der Waals surface area contributed by atoms with Crippen LogP contribution >= 0.6 is 11.6 Å². The van der Waals surface area contributed by atoms with Gasteiger partial charge in [-0.1, -0.05) is 11.6 Å². The Bertz CT molecular complexity index is 524. The van der Waals surface area contributed by atoms with Crippen molar-refractivity contribution >= 4 is 17.6 Å². The lowest BCUT2D eigenvalue weighted by molar-refractivity contribution is -0.227. The largest absolute Gasteiger partial charge is 0.481 e. The molecule has 20 heavy (non-hydrogen) atoms. The lowest BCUT2D eigenvalue weighted by Gasteiger charge is -2.27. The highest BCUT2D eigenvalue weighted by atomic mass is 35.5. The second-order valence-electron chi connectivity index (χ2n) is 4.81. The minimum atomic E-state index is -4.77. The number of carbonyl (C=O) groups is 1. The van der Waals surface area contributed by atoms with Crippen LogP contribution in [0.3, 0.4) is 0 Å². The Morgan fingerprint density at radius 1 is 1.55 bits per heavy atom. The first-order chi connectivity index (χ1) is 9.26. The second kappa shape index (κ2) is 5.21. The maximum atomic E-state index is 13.0. The molecule has 2 heterocycles. The molecule has 1 N–H and O–H groups in total. The van der Waals surface area contributed by atoms with Crippen molar-refractivity contribution in [1.82, 2.24) is 9.88 Å². The van der Waals surface area contributed by atoms with Crippen LogP contribution in [-0.2, 0) is 11.3 Å². The van der Waals surface area contributed by atoms with Crippen LogP contribution in [0.25, 0.3) is 0 Å². The molecule has 8 heteroatoms. The Balaban J connectivity index is 2.16. The molecular weight excluding hydrogens is 297 g/mol. The predicted octanol–water partition coefficient (Wildman–Crippen LogP) is 2.57. The Morgan fingerprint density at radius 3 is 2.75 bits per heavy atom. The summed E-state index contributed by atoms with van der Waals surface area (Å²) in [6.07, 6.45) is -2.32. The van der Waals surface area contributed by atoms with E-state index in [1.54, 1.807) is 6.07 Å². The average molecular weight is 309 g/mol. The third-order valence-corrected chi connectivity index (χ3v) is 3.89. The highest BCUT2D eigenvalue weighted by Crippen LogP contribution is 2.46. The number of carboxylic acids is 1. The zero-order valence-corrected chi connectivity index (χ0v) is 11.1. The summed E-state index contributed by atoms with van der Waals surface area (Å²) in [5.74, 6) is -1.83. The van der Waals surface area contributed by atoms with Crippen molar-refractivity contribution in [1.29, 1.82) is 0 Å². The zero-order valence-electron chi connectivity index (χ0n) is 10.3. The molecule has 2 rings (SSSR count). The summed E-state index contributed by atoms with van der Waals surface area (Å²) < 4.78 is 39.0. The fraction of sp³-hybridized carbons (Fsp3) is 0.500.